The molecule has 3 rings (SSSR count). The van der Waals surface area contributed by atoms with Crippen LogP contribution in [-0.2, 0) is 9.53 Å². The summed E-state index contributed by atoms with van der Waals surface area (Å²) in [5.74, 6) is -0.689. The third-order valence-corrected chi connectivity index (χ3v) is 4.73. The molecule has 1 N–H and O–H groups in total. The number of halogens is 1. The number of amides is 1. The highest BCUT2D eigenvalue weighted by molar-refractivity contribution is 7.22. The van der Waals surface area contributed by atoms with E-state index in [1.54, 1.807) is 37.3 Å². The van der Waals surface area contributed by atoms with E-state index < -0.39 is 0 Å². The van der Waals surface area contributed by atoms with Gasteiger partial charge in [0, 0.05) is 11.1 Å². The Morgan fingerprint density at radius 3 is 2.85 bits per heavy atom. The van der Waals surface area contributed by atoms with Crippen molar-refractivity contribution >= 4 is 56.2 Å². The molecule has 132 valence electrons. The van der Waals surface area contributed by atoms with Crippen LogP contribution < -0.4 is 5.32 Å². The lowest BCUT2D eigenvalue weighted by molar-refractivity contribution is -0.111. The minimum absolute atomic E-state index is 0.311. The quantitative estimate of drug-likeness (QED) is 0.506. The molecule has 0 spiro atoms. The molecular formula is C19H15ClN2O3S. The van der Waals surface area contributed by atoms with E-state index in [1.165, 1.54) is 17.4 Å². The fourth-order valence-electron chi connectivity index (χ4n) is 2.24. The number of hydrogen-bond acceptors (Lipinski definition) is 5. The summed E-state index contributed by atoms with van der Waals surface area (Å²) in [4.78, 5) is 28.2. The van der Waals surface area contributed by atoms with Crippen molar-refractivity contribution in [1.82, 2.24) is 4.98 Å². The van der Waals surface area contributed by atoms with Crippen molar-refractivity contribution in [3.63, 3.8) is 0 Å². The first kappa shape index (κ1) is 18.1. The maximum atomic E-state index is 12.1. The number of carbonyl (C=O) groups is 2. The van der Waals surface area contributed by atoms with Crippen LogP contribution in [0.5, 0.6) is 0 Å². The van der Waals surface area contributed by atoms with Crippen LogP contribution in [-0.4, -0.2) is 23.5 Å². The normalized spacial score (nSPS) is 11.0. The van der Waals surface area contributed by atoms with Gasteiger partial charge in [-0.3, -0.25) is 10.1 Å². The molecule has 0 bridgehead atoms. The molecule has 0 aliphatic rings. The highest BCUT2D eigenvalue weighted by atomic mass is 35.5. The van der Waals surface area contributed by atoms with Gasteiger partial charge in [-0.2, -0.15) is 0 Å². The molecule has 1 aromatic heterocycles. The highest BCUT2D eigenvalue weighted by Crippen LogP contribution is 2.27. The van der Waals surface area contributed by atoms with E-state index in [0.717, 1.165) is 10.3 Å². The summed E-state index contributed by atoms with van der Waals surface area (Å²) in [7, 11) is 0. The predicted molar refractivity (Wildman–Crippen MR) is 105 cm³/mol. The van der Waals surface area contributed by atoms with Gasteiger partial charge in [-0.25, -0.2) is 9.78 Å². The molecule has 5 nitrogen and oxygen atoms in total. The molecule has 26 heavy (non-hydrogen) atoms. The second kappa shape index (κ2) is 8.12. The van der Waals surface area contributed by atoms with E-state index in [1.807, 2.05) is 18.2 Å². The first-order valence-corrected chi connectivity index (χ1v) is 9.07. The zero-order chi connectivity index (χ0) is 18.5. The monoisotopic (exact) mass is 386 g/mol. The number of carbonyl (C=O) groups excluding carboxylic acids is 2. The number of thiazole rings is 1. The third kappa shape index (κ3) is 4.28. The van der Waals surface area contributed by atoms with Gasteiger partial charge in [-0.05, 0) is 42.8 Å². The number of nitrogens with zero attached hydrogens (tertiary/aromatic N) is 1. The highest BCUT2D eigenvalue weighted by Gasteiger charge is 2.11. The SMILES string of the molecule is CCOC(=O)c1ccc2nc(NC(=O)C=Cc3ccccc3Cl)sc2c1. The van der Waals surface area contributed by atoms with Crippen LogP contribution in [0.25, 0.3) is 16.3 Å². The van der Waals surface area contributed by atoms with Crippen molar-refractivity contribution in [3.8, 4) is 0 Å². The third-order valence-electron chi connectivity index (χ3n) is 3.45. The first-order chi connectivity index (χ1) is 12.6. The molecule has 7 heteroatoms. The van der Waals surface area contributed by atoms with Gasteiger partial charge in [0.15, 0.2) is 5.13 Å². The molecule has 0 aliphatic heterocycles. The molecule has 0 fully saturated rings. The molecule has 3 aromatic rings. The van der Waals surface area contributed by atoms with Gasteiger partial charge < -0.3 is 4.74 Å². The van der Waals surface area contributed by atoms with Crippen molar-refractivity contribution in [2.75, 3.05) is 11.9 Å². The van der Waals surface area contributed by atoms with Crippen molar-refractivity contribution in [2.24, 2.45) is 0 Å². The van der Waals surface area contributed by atoms with E-state index in [9.17, 15) is 9.59 Å². The van der Waals surface area contributed by atoms with Crippen molar-refractivity contribution in [3.05, 3.63) is 64.7 Å². The fraction of sp³-hybridized carbons (Fsp3) is 0.105. The van der Waals surface area contributed by atoms with Gasteiger partial charge in [0.05, 0.1) is 22.4 Å². The van der Waals surface area contributed by atoms with Crippen LogP contribution in [0.1, 0.15) is 22.8 Å². The molecule has 0 atom stereocenters. The Balaban J connectivity index is 1.73. The van der Waals surface area contributed by atoms with Crippen molar-refractivity contribution < 1.29 is 14.3 Å². The van der Waals surface area contributed by atoms with E-state index in [4.69, 9.17) is 16.3 Å². The van der Waals surface area contributed by atoms with Crippen LogP contribution in [0, 0.1) is 0 Å². The summed E-state index contributed by atoms with van der Waals surface area (Å²) >= 11 is 7.34. The number of anilines is 1. The lowest BCUT2D eigenvalue weighted by Crippen LogP contribution is -2.07. The lowest BCUT2D eigenvalue weighted by Gasteiger charge is -2.00. The Labute approximate surface area is 159 Å². The molecule has 0 radical (unpaired) electrons. The summed E-state index contributed by atoms with van der Waals surface area (Å²) in [6, 6.07) is 12.3. The van der Waals surface area contributed by atoms with Gasteiger partial charge in [0.25, 0.3) is 0 Å². The van der Waals surface area contributed by atoms with Crippen LogP contribution in [0.4, 0.5) is 5.13 Å². The summed E-state index contributed by atoms with van der Waals surface area (Å²) in [6.45, 7) is 2.07. The number of ether oxygens (including phenoxy) is 1. The van der Waals surface area contributed by atoms with Crippen LogP contribution in [0.3, 0.4) is 0 Å². The maximum Gasteiger partial charge on any atom is 0.338 e. The number of rotatable bonds is 5. The fourth-order valence-corrected chi connectivity index (χ4v) is 3.35. The average molecular weight is 387 g/mol. The summed E-state index contributed by atoms with van der Waals surface area (Å²) < 4.78 is 5.78. The molecular weight excluding hydrogens is 372 g/mol. The minimum Gasteiger partial charge on any atom is -0.462 e. The largest absolute Gasteiger partial charge is 0.462 e. The Bertz CT molecular complexity index is 997. The lowest BCUT2D eigenvalue weighted by atomic mass is 10.2. The topological polar surface area (TPSA) is 68.3 Å². The first-order valence-electron chi connectivity index (χ1n) is 7.88. The van der Waals surface area contributed by atoms with Crippen LogP contribution >= 0.6 is 22.9 Å². The zero-order valence-electron chi connectivity index (χ0n) is 13.9. The number of aromatic nitrogens is 1. The number of nitrogens with one attached hydrogen (secondary N) is 1. The number of benzene rings is 2. The van der Waals surface area contributed by atoms with E-state index >= 15 is 0 Å². The Kier molecular flexibility index (Phi) is 5.65. The molecule has 0 unspecified atom stereocenters. The Hall–Kier alpha value is -2.70. The van der Waals surface area contributed by atoms with E-state index in [-0.39, 0.29) is 11.9 Å². The predicted octanol–water partition coefficient (Wildman–Crippen LogP) is 4.78. The van der Waals surface area contributed by atoms with E-state index in [0.29, 0.717) is 27.8 Å². The Morgan fingerprint density at radius 1 is 1.27 bits per heavy atom. The van der Waals surface area contributed by atoms with Gasteiger partial charge in [-0.1, -0.05) is 41.1 Å². The summed E-state index contributed by atoms with van der Waals surface area (Å²) in [6.07, 6.45) is 3.04. The van der Waals surface area contributed by atoms with Crippen LogP contribution in [0.15, 0.2) is 48.5 Å². The molecule has 2 aromatic carbocycles. The number of esters is 1. The van der Waals surface area contributed by atoms with Crippen molar-refractivity contribution in [2.45, 2.75) is 6.92 Å². The molecule has 1 amide bonds. The molecule has 0 saturated carbocycles. The smallest absolute Gasteiger partial charge is 0.338 e. The molecule has 1 heterocycles. The number of hydrogen-bond donors (Lipinski definition) is 1. The Morgan fingerprint density at radius 2 is 2.08 bits per heavy atom. The van der Waals surface area contributed by atoms with Crippen molar-refractivity contribution in [1.29, 1.82) is 0 Å². The zero-order valence-corrected chi connectivity index (χ0v) is 15.4. The van der Waals surface area contributed by atoms with Gasteiger partial charge >= 0.3 is 5.97 Å². The van der Waals surface area contributed by atoms with Crippen LogP contribution in [0.2, 0.25) is 5.02 Å². The standard InChI is InChI=1S/C19H15ClN2O3S/c1-2-25-18(24)13-7-9-15-16(11-13)26-19(21-15)22-17(23)10-8-12-5-3-4-6-14(12)20/h3-11H,2H2,1H3,(H,21,22,23). The number of fused-ring (bicyclic) bond motifs is 1. The molecule has 0 saturated heterocycles. The van der Waals surface area contributed by atoms with Gasteiger partial charge in [-0.15, -0.1) is 0 Å². The summed E-state index contributed by atoms with van der Waals surface area (Å²) in [5.41, 5.74) is 1.92. The summed E-state index contributed by atoms with van der Waals surface area (Å²) in [5, 5.41) is 3.74. The second-order valence-corrected chi connectivity index (χ2v) is 6.70. The second-order valence-electron chi connectivity index (χ2n) is 5.27. The van der Waals surface area contributed by atoms with Gasteiger partial charge in [0.2, 0.25) is 5.91 Å². The minimum atomic E-state index is -0.379. The average Bonchev–Trinajstić information content (AvgIpc) is 3.02. The van der Waals surface area contributed by atoms with E-state index in [2.05, 4.69) is 10.3 Å². The maximum absolute atomic E-state index is 12.1. The molecule has 0 aliphatic carbocycles. The van der Waals surface area contributed by atoms with Gasteiger partial charge in [0.1, 0.15) is 0 Å².